The molecule has 0 radical (unpaired) electrons. The summed E-state index contributed by atoms with van der Waals surface area (Å²) in [6.45, 7) is 6.25. The third kappa shape index (κ3) is 3.02. The van der Waals surface area contributed by atoms with Crippen LogP contribution in [0.4, 0.5) is 5.13 Å². The average molecular weight is 268 g/mol. The standard InChI is InChI=1S/C13H20N2O2S/c1-3-17-12(16)11-10(2)18-13(14-11)15-8-6-4-5-7-9-15/h3-9H2,1-2H3. The van der Waals surface area contributed by atoms with Crippen molar-refractivity contribution in [1.29, 1.82) is 0 Å². The number of carbonyl (C=O) groups excluding carboxylic acids is 1. The van der Waals surface area contributed by atoms with Gasteiger partial charge in [0.25, 0.3) is 0 Å². The molecule has 5 heteroatoms. The van der Waals surface area contributed by atoms with Gasteiger partial charge in [-0.3, -0.25) is 0 Å². The zero-order valence-electron chi connectivity index (χ0n) is 11.1. The second-order valence-corrected chi connectivity index (χ2v) is 5.70. The second-order valence-electron chi connectivity index (χ2n) is 4.52. The van der Waals surface area contributed by atoms with Gasteiger partial charge in [-0.15, -0.1) is 11.3 Å². The number of aromatic nitrogens is 1. The van der Waals surface area contributed by atoms with Gasteiger partial charge in [0.05, 0.1) is 6.61 Å². The molecule has 100 valence electrons. The lowest BCUT2D eigenvalue weighted by atomic mass is 10.2. The average Bonchev–Trinajstić information content (AvgIpc) is 2.58. The van der Waals surface area contributed by atoms with Gasteiger partial charge in [0.1, 0.15) is 0 Å². The molecule has 18 heavy (non-hydrogen) atoms. The van der Waals surface area contributed by atoms with Gasteiger partial charge >= 0.3 is 5.97 Å². The van der Waals surface area contributed by atoms with E-state index in [1.807, 2.05) is 13.8 Å². The summed E-state index contributed by atoms with van der Waals surface area (Å²) < 4.78 is 5.02. The molecule has 0 N–H and O–H groups in total. The minimum Gasteiger partial charge on any atom is -0.461 e. The highest BCUT2D eigenvalue weighted by atomic mass is 32.1. The lowest BCUT2D eigenvalue weighted by molar-refractivity contribution is 0.0519. The van der Waals surface area contributed by atoms with Crippen LogP contribution in [0.25, 0.3) is 0 Å². The summed E-state index contributed by atoms with van der Waals surface area (Å²) in [5, 5.41) is 0.970. The number of carbonyl (C=O) groups is 1. The summed E-state index contributed by atoms with van der Waals surface area (Å²) in [7, 11) is 0. The van der Waals surface area contributed by atoms with Crippen LogP contribution in [0.3, 0.4) is 0 Å². The van der Waals surface area contributed by atoms with Crippen LogP contribution in [0.5, 0.6) is 0 Å². The highest BCUT2D eigenvalue weighted by Gasteiger charge is 2.20. The zero-order valence-corrected chi connectivity index (χ0v) is 11.9. The van der Waals surface area contributed by atoms with Crippen LogP contribution in [0, 0.1) is 6.92 Å². The van der Waals surface area contributed by atoms with E-state index in [4.69, 9.17) is 4.74 Å². The number of hydrogen-bond donors (Lipinski definition) is 0. The summed E-state index contributed by atoms with van der Waals surface area (Å²) in [4.78, 5) is 19.4. The first-order valence-corrected chi connectivity index (χ1v) is 7.43. The van der Waals surface area contributed by atoms with E-state index in [1.54, 1.807) is 11.3 Å². The Hall–Kier alpha value is -1.10. The van der Waals surface area contributed by atoms with Gasteiger partial charge < -0.3 is 9.64 Å². The van der Waals surface area contributed by atoms with Crippen molar-refractivity contribution in [3.63, 3.8) is 0 Å². The van der Waals surface area contributed by atoms with E-state index < -0.39 is 0 Å². The number of hydrogen-bond acceptors (Lipinski definition) is 5. The number of aryl methyl sites for hydroxylation is 1. The molecule has 1 aliphatic heterocycles. The fourth-order valence-corrected chi connectivity index (χ4v) is 3.12. The van der Waals surface area contributed by atoms with Crippen molar-refractivity contribution in [3.05, 3.63) is 10.6 Å². The third-order valence-electron chi connectivity index (χ3n) is 3.13. The van der Waals surface area contributed by atoms with Crippen LogP contribution in [0.15, 0.2) is 0 Å². The molecule has 2 rings (SSSR count). The van der Waals surface area contributed by atoms with Crippen molar-refractivity contribution < 1.29 is 9.53 Å². The zero-order chi connectivity index (χ0) is 13.0. The lowest BCUT2D eigenvalue weighted by Crippen LogP contribution is -2.23. The third-order valence-corrected chi connectivity index (χ3v) is 4.16. The van der Waals surface area contributed by atoms with E-state index in [-0.39, 0.29) is 5.97 Å². The van der Waals surface area contributed by atoms with E-state index in [1.165, 1.54) is 25.7 Å². The second kappa shape index (κ2) is 6.18. The van der Waals surface area contributed by atoms with Crippen molar-refractivity contribution >= 4 is 22.4 Å². The molecule has 2 heterocycles. The molecule has 1 fully saturated rings. The minimum atomic E-state index is -0.299. The van der Waals surface area contributed by atoms with Crippen molar-refractivity contribution in [2.75, 3.05) is 24.6 Å². The fourth-order valence-electron chi connectivity index (χ4n) is 2.17. The minimum absolute atomic E-state index is 0.299. The summed E-state index contributed by atoms with van der Waals surface area (Å²) in [6, 6.07) is 0. The number of ether oxygens (including phenoxy) is 1. The first-order valence-electron chi connectivity index (χ1n) is 6.62. The molecule has 1 aliphatic rings. The topological polar surface area (TPSA) is 42.4 Å². The monoisotopic (exact) mass is 268 g/mol. The number of esters is 1. The normalized spacial score (nSPS) is 16.4. The van der Waals surface area contributed by atoms with Gasteiger partial charge in [-0.2, -0.15) is 0 Å². The molecule has 0 aromatic carbocycles. The van der Waals surface area contributed by atoms with Gasteiger partial charge in [0.15, 0.2) is 10.8 Å². The number of thiazole rings is 1. The van der Waals surface area contributed by atoms with E-state index in [9.17, 15) is 4.79 Å². The van der Waals surface area contributed by atoms with Crippen molar-refractivity contribution in [1.82, 2.24) is 4.98 Å². The summed E-state index contributed by atoms with van der Waals surface area (Å²) >= 11 is 1.60. The van der Waals surface area contributed by atoms with Gasteiger partial charge in [0, 0.05) is 18.0 Å². The Labute approximate surface area is 112 Å². The van der Waals surface area contributed by atoms with Crippen LogP contribution in [-0.4, -0.2) is 30.6 Å². The molecule has 0 aliphatic carbocycles. The molecule has 0 spiro atoms. The molecular formula is C13H20N2O2S. The molecule has 0 saturated carbocycles. The van der Waals surface area contributed by atoms with Crippen LogP contribution < -0.4 is 4.90 Å². The quantitative estimate of drug-likeness (QED) is 0.790. The molecule has 4 nitrogen and oxygen atoms in total. The Morgan fingerprint density at radius 3 is 2.61 bits per heavy atom. The Bertz CT molecular complexity index is 409. The predicted molar refractivity (Wildman–Crippen MR) is 73.5 cm³/mol. The molecule has 1 saturated heterocycles. The molecule has 0 atom stereocenters. The van der Waals surface area contributed by atoms with E-state index >= 15 is 0 Å². The molecule has 0 bridgehead atoms. The first kappa shape index (κ1) is 13.3. The van der Waals surface area contributed by atoms with Gasteiger partial charge in [-0.25, -0.2) is 9.78 Å². The highest BCUT2D eigenvalue weighted by Crippen LogP contribution is 2.28. The maximum absolute atomic E-state index is 11.7. The smallest absolute Gasteiger partial charge is 0.358 e. The maximum Gasteiger partial charge on any atom is 0.358 e. The van der Waals surface area contributed by atoms with E-state index in [2.05, 4.69) is 9.88 Å². The maximum atomic E-state index is 11.7. The molecule has 1 aromatic rings. The van der Waals surface area contributed by atoms with Crippen LogP contribution >= 0.6 is 11.3 Å². The van der Waals surface area contributed by atoms with Crippen molar-refractivity contribution in [2.24, 2.45) is 0 Å². The van der Waals surface area contributed by atoms with E-state index in [0.717, 1.165) is 23.1 Å². The summed E-state index contributed by atoms with van der Waals surface area (Å²) in [5.41, 5.74) is 0.487. The summed E-state index contributed by atoms with van der Waals surface area (Å²) in [5.74, 6) is -0.299. The fraction of sp³-hybridized carbons (Fsp3) is 0.692. The molecular weight excluding hydrogens is 248 g/mol. The Balaban J connectivity index is 2.14. The number of rotatable bonds is 3. The van der Waals surface area contributed by atoms with Gasteiger partial charge in [-0.05, 0) is 26.7 Å². The van der Waals surface area contributed by atoms with Gasteiger partial charge in [0.2, 0.25) is 0 Å². The van der Waals surface area contributed by atoms with Crippen molar-refractivity contribution in [2.45, 2.75) is 39.5 Å². The highest BCUT2D eigenvalue weighted by molar-refractivity contribution is 7.15. The summed E-state index contributed by atoms with van der Waals surface area (Å²) in [6.07, 6.45) is 5.03. The SMILES string of the molecule is CCOC(=O)c1nc(N2CCCCCC2)sc1C. The Kier molecular flexibility index (Phi) is 4.58. The molecule has 1 aromatic heterocycles. The van der Waals surface area contributed by atoms with Crippen LogP contribution in [0.1, 0.15) is 48.0 Å². The molecule has 0 amide bonds. The van der Waals surface area contributed by atoms with Gasteiger partial charge in [-0.1, -0.05) is 12.8 Å². The lowest BCUT2D eigenvalue weighted by Gasteiger charge is -2.18. The number of nitrogens with zero attached hydrogens (tertiary/aromatic N) is 2. The molecule has 0 unspecified atom stereocenters. The Morgan fingerprint density at radius 1 is 1.33 bits per heavy atom. The first-order chi connectivity index (χ1) is 8.72. The van der Waals surface area contributed by atoms with Crippen molar-refractivity contribution in [3.8, 4) is 0 Å². The Morgan fingerprint density at radius 2 is 2.00 bits per heavy atom. The predicted octanol–water partition coefficient (Wildman–Crippen LogP) is 3.01. The number of anilines is 1. The largest absolute Gasteiger partial charge is 0.461 e. The van der Waals surface area contributed by atoms with Crippen LogP contribution in [-0.2, 0) is 4.74 Å². The van der Waals surface area contributed by atoms with Crippen LogP contribution in [0.2, 0.25) is 0 Å². The van der Waals surface area contributed by atoms with E-state index in [0.29, 0.717) is 12.3 Å².